The first-order valence-corrected chi connectivity index (χ1v) is 7.18. The number of carbonyl (C=O) groups excluding carboxylic acids is 1. The number of aryl methyl sites for hydroxylation is 1. The van der Waals surface area contributed by atoms with Gasteiger partial charge in [-0.2, -0.15) is 5.10 Å². The largest absolute Gasteiger partial charge is 0.337 e. The van der Waals surface area contributed by atoms with Crippen molar-refractivity contribution in [2.45, 2.75) is 32.7 Å². The van der Waals surface area contributed by atoms with Crippen molar-refractivity contribution in [3.05, 3.63) is 18.0 Å². The highest BCUT2D eigenvalue weighted by molar-refractivity contribution is 5.92. The predicted molar refractivity (Wildman–Crippen MR) is 75.0 cm³/mol. The fraction of sp³-hybridized carbons (Fsp3) is 0.714. The number of piperidine rings is 1. The van der Waals surface area contributed by atoms with Crippen LogP contribution in [-0.2, 0) is 7.05 Å². The number of nitrogens with one attached hydrogen (secondary N) is 1. The Morgan fingerprint density at radius 3 is 2.89 bits per heavy atom. The summed E-state index contributed by atoms with van der Waals surface area (Å²) < 4.78 is 1.65. The van der Waals surface area contributed by atoms with E-state index in [1.807, 2.05) is 11.9 Å². The topological polar surface area (TPSA) is 50.2 Å². The van der Waals surface area contributed by atoms with E-state index in [1.54, 1.807) is 16.9 Å². The van der Waals surface area contributed by atoms with Crippen LogP contribution < -0.4 is 5.32 Å². The lowest BCUT2D eigenvalue weighted by atomic mass is 9.89. The molecule has 0 aliphatic carbocycles. The van der Waals surface area contributed by atoms with Gasteiger partial charge in [0.05, 0.1) is 0 Å². The molecule has 19 heavy (non-hydrogen) atoms. The molecule has 1 aromatic heterocycles. The normalized spacial score (nSPS) is 23.6. The second kappa shape index (κ2) is 6.19. The van der Waals surface area contributed by atoms with Crippen LogP contribution in [0.25, 0.3) is 0 Å². The number of amides is 1. The van der Waals surface area contributed by atoms with E-state index >= 15 is 0 Å². The summed E-state index contributed by atoms with van der Waals surface area (Å²) in [5, 5.41) is 7.61. The Kier molecular flexibility index (Phi) is 4.58. The summed E-state index contributed by atoms with van der Waals surface area (Å²) in [5.74, 6) is 0.652. The number of hydrogen-bond acceptors (Lipinski definition) is 3. The molecule has 2 rings (SSSR count). The summed E-state index contributed by atoms with van der Waals surface area (Å²) in [6.07, 6.45) is 3.82. The Bertz CT molecular complexity index is 429. The highest BCUT2D eigenvalue weighted by Crippen LogP contribution is 2.21. The lowest BCUT2D eigenvalue weighted by Crippen LogP contribution is -2.51. The van der Waals surface area contributed by atoms with Crippen molar-refractivity contribution >= 4 is 5.91 Å². The van der Waals surface area contributed by atoms with Crippen molar-refractivity contribution in [3.63, 3.8) is 0 Å². The first kappa shape index (κ1) is 14.1. The van der Waals surface area contributed by atoms with Crippen LogP contribution in [-0.4, -0.2) is 46.3 Å². The summed E-state index contributed by atoms with van der Waals surface area (Å²) in [6.45, 7) is 7.01. The zero-order valence-electron chi connectivity index (χ0n) is 12.1. The summed E-state index contributed by atoms with van der Waals surface area (Å²) >= 11 is 0. The SMILES string of the molecule is CCNC1CCN(C(=O)c2ccnn2C)CC1CC. The van der Waals surface area contributed by atoms with Gasteiger partial charge in [0.25, 0.3) is 5.91 Å². The second-order valence-electron chi connectivity index (χ2n) is 5.21. The van der Waals surface area contributed by atoms with Crippen molar-refractivity contribution in [1.82, 2.24) is 20.0 Å². The Labute approximate surface area is 115 Å². The van der Waals surface area contributed by atoms with Gasteiger partial charge < -0.3 is 10.2 Å². The second-order valence-corrected chi connectivity index (χ2v) is 5.21. The first-order valence-electron chi connectivity index (χ1n) is 7.18. The van der Waals surface area contributed by atoms with Crippen LogP contribution in [0.4, 0.5) is 0 Å². The quantitative estimate of drug-likeness (QED) is 0.891. The molecule has 0 radical (unpaired) electrons. The molecule has 0 spiro atoms. The van der Waals surface area contributed by atoms with Crippen molar-refractivity contribution < 1.29 is 4.79 Å². The minimum atomic E-state index is 0.105. The summed E-state index contributed by atoms with van der Waals surface area (Å²) in [6, 6.07) is 2.34. The summed E-state index contributed by atoms with van der Waals surface area (Å²) in [4.78, 5) is 14.4. The van der Waals surface area contributed by atoms with Crippen molar-refractivity contribution in [1.29, 1.82) is 0 Å². The first-order chi connectivity index (χ1) is 9.17. The molecule has 5 heteroatoms. The molecule has 106 valence electrons. The summed E-state index contributed by atoms with van der Waals surface area (Å²) in [5.41, 5.74) is 0.678. The van der Waals surface area contributed by atoms with Gasteiger partial charge in [-0.1, -0.05) is 20.3 Å². The van der Waals surface area contributed by atoms with Crippen molar-refractivity contribution in [3.8, 4) is 0 Å². The molecule has 1 saturated heterocycles. The monoisotopic (exact) mass is 264 g/mol. The number of aromatic nitrogens is 2. The summed E-state index contributed by atoms with van der Waals surface area (Å²) in [7, 11) is 1.82. The number of nitrogens with zero attached hydrogens (tertiary/aromatic N) is 3. The molecule has 0 bridgehead atoms. The molecular weight excluding hydrogens is 240 g/mol. The Morgan fingerprint density at radius 1 is 1.53 bits per heavy atom. The van der Waals surface area contributed by atoms with E-state index in [0.717, 1.165) is 32.5 Å². The third-order valence-corrected chi connectivity index (χ3v) is 4.05. The third-order valence-electron chi connectivity index (χ3n) is 4.05. The molecule has 1 N–H and O–H groups in total. The minimum Gasteiger partial charge on any atom is -0.337 e. The number of carbonyl (C=O) groups is 1. The van der Waals surface area contributed by atoms with E-state index in [0.29, 0.717) is 17.7 Å². The van der Waals surface area contributed by atoms with Crippen molar-refractivity contribution in [2.75, 3.05) is 19.6 Å². The van der Waals surface area contributed by atoms with Gasteiger partial charge in [0, 0.05) is 32.4 Å². The predicted octanol–water partition coefficient (Wildman–Crippen LogP) is 1.27. The van der Waals surface area contributed by atoms with Gasteiger partial charge in [0.1, 0.15) is 5.69 Å². The molecule has 2 atom stereocenters. The standard InChI is InChI=1S/C14H24N4O/c1-4-11-10-18(9-7-12(11)15-5-2)14(19)13-6-8-16-17(13)3/h6,8,11-12,15H,4-5,7,9-10H2,1-3H3. The van der Waals surface area contributed by atoms with Crippen LogP contribution in [0.2, 0.25) is 0 Å². The maximum atomic E-state index is 12.5. The van der Waals surface area contributed by atoms with E-state index < -0.39 is 0 Å². The van der Waals surface area contributed by atoms with Gasteiger partial charge >= 0.3 is 0 Å². The van der Waals surface area contributed by atoms with Gasteiger partial charge in [-0.15, -0.1) is 0 Å². The van der Waals surface area contributed by atoms with Gasteiger partial charge in [0.2, 0.25) is 0 Å². The average Bonchev–Trinajstić information content (AvgIpc) is 2.85. The zero-order valence-corrected chi connectivity index (χ0v) is 12.1. The Morgan fingerprint density at radius 2 is 2.32 bits per heavy atom. The molecular formula is C14H24N4O. The van der Waals surface area contributed by atoms with Gasteiger partial charge in [0.15, 0.2) is 0 Å². The molecule has 0 saturated carbocycles. The Balaban J connectivity index is 2.04. The molecule has 0 aromatic carbocycles. The smallest absolute Gasteiger partial charge is 0.272 e. The lowest BCUT2D eigenvalue weighted by molar-refractivity contribution is 0.0617. The maximum absolute atomic E-state index is 12.5. The number of hydrogen-bond donors (Lipinski definition) is 1. The van der Waals surface area contributed by atoms with Crippen LogP contribution in [0.1, 0.15) is 37.2 Å². The van der Waals surface area contributed by atoms with E-state index in [4.69, 9.17) is 0 Å². The third kappa shape index (κ3) is 2.97. The average molecular weight is 264 g/mol. The maximum Gasteiger partial charge on any atom is 0.272 e. The molecule has 1 aromatic rings. The molecule has 2 heterocycles. The number of rotatable bonds is 4. The zero-order chi connectivity index (χ0) is 13.8. The highest BCUT2D eigenvalue weighted by Gasteiger charge is 2.30. The van der Waals surface area contributed by atoms with Crippen LogP contribution >= 0.6 is 0 Å². The Hall–Kier alpha value is -1.36. The fourth-order valence-electron chi connectivity index (χ4n) is 2.91. The van der Waals surface area contributed by atoms with E-state index in [2.05, 4.69) is 24.3 Å². The lowest BCUT2D eigenvalue weighted by Gasteiger charge is -2.38. The van der Waals surface area contributed by atoms with Crippen LogP contribution in [0, 0.1) is 5.92 Å². The van der Waals surface area contributed by atoms with Gasteiger partial charge in [-0.3, -0.25) is 9.48 Å². The van der Waals surface area contributed by atoms with E-state index in [-0.39, 0.29) is 5.91 Å². The van der Waals surface area contributed by atoms with E-state index in [9.17, 15) is 4.79 Å². The van der Waals surface area contributed by atoms with Crippen LogP contribution in [0.5, 0.6) is 0 Å². The molecule has 1 aliphatic heterocycles. The molecule has 1 fully saturated rings. The molecule has 2 unspecified atom stereocenters. The molecule has 1 amide bonds. The fourth-order valence-corrected chi connectivity index (χ4v) is 2.91. The van der Waals surface area contributed by atoms with Crippen LogP contribution in [0.3, 0.4) is 0 Å². The molecule has 5 nitrogen and oxygen atoms in total. The highest BCUT2D eigenvalue weighted by atomic mass is 16.2. The number of likely N-dealkylation sites (tertiary alicyclic amines) is 1. The van der Waals surface area contributed by atoms with Crippen LogP contribution in [0.15, 0.2) is 12.3 Å². The van der Waals surface area contributed by atoms with E-state index in [1.165, 1.54) is 0 Å². The molecule has 1 aliphatic rings. The van der Waals surface area contributed by atoms with Gasteiger partial charge in [-0.25, -0.2) is 0 Å². The van der Waals surface area contributed by atoms with Gasteiger partial charge in [-0.05, 0) is 24.9 Å². The van der Waals surface area contributed by atoms with Crippen molar-refractivity contribution in [2.24, 2.45) is 13.0 Å². The minimum absolute atomic E-state index is 0.105.